The van der Waals surface area contributed by atoms with E-state index in [9.17, 15) is 0 Å². The molecule has 1 heterocycles. The molecule has 2 aromatic rings. The van der Waals surface area contributed by atoms with Crippen LogP contribution in [0.4, 0.5) is 0 Å². The van der Waals surface area contributed by atoms with Gasteiger partial charge >= 0.3 is 0 Å². The van der Waals surface area contributed by atoms with Crippen molar-refractivity contribution in [1.29, 1.82) is 0 Å². The Morgan fingerprint density at radius 1 is 1.38 bits per heavy atom. The Labute approximate surface area is 106 Å². The van der Waals surface area contributed by atoms with Gasteiger partial charge in [-0.05, 0) is 28.1 Å². The summed E-state index contributed by atoms with van der Waals surface area (Å²) >= 11 is 5.14. The fourth-order valence-electron chi connectivity index (χ4n) is 1.18. The van der Waals surface area contributed by atoms with E-state index in [0.29, 0.717) is 11.6 Å². The highest BCUT2D eigenvalue weighted by Gasteiger charge is 2.04. The zero-order valence-electron chi connectivity index (χ0n) is 8.35. The molecular weight excluding hydrogens is 290 g/mol. The molecule has 84 valence electrons. The van der Waals surface area contributed by atoms with E-state index < -0.39 is 0 Å². The summed E-state index contributed by atoms with van der Waals surface area (Å²) in [5.74, 6) is 1.91. The van der Waals surface area contributed by atoms with Crippen LogP contribution in [0.1, 0.15) is 11.6 Å². The summed E-state index contributed by atoms with van der Waals surface area (Å²) in [5.41, 5.74) is 0. The van der Waals surface area contributed by atoms with E-state index in [1.807, 2.05) is 24.3 Å². The number of nitrogens with zero attached hydrogens (tertiary/aromatic N) is 2. The molecule has 0 spiro atoms. The van der Waals surface area contributed by atoms with E-state index in [2.05, 4.69) is 31.1 Å². The van der Waals surface area contributed by atoms with E-state index in [4.69, 9.17) is 5.11 Å². The molecule has 0 saturated heterocycles. The van der Waals surface area contributed by atoms with E-state index >= 15 is 0 Å². The van der Waals surface area contributed by atoms with Crippen LogP contribution in [0.25, 0.3) is 0 Å². The molecule has 1 aromatic heterocycles. The van der Waals surface area contributed by atoms with E-state index in [1.165, 1.54) is 0 Å². The number of hydrogen-bond donors (Lipinski definition) is 2. The van der Waals surface area contributed by atoms with Gasteiger partial charge in [-0.25, -0.2) is 4.98 Å². The second kappa shape index (κ2) is 5.47. The molecule has 0 unspecified atom stereocenters. The topological polar surface area (TPSA) is 61.8 Å². The van der Waals surface area contributed by atoms with Gasteiger partial charge in [0.15, 0.2) is 5.82 Å². The second-order valence-corrected chi connectivity index (χ2v) is 4.95. The summed E-state index contributed by atoms with van der Waals surface area (Å²) in [6, 6.07) is 8.01. The number of thioether (sulfide) groups is 1. The Kier molecular flexibility index (Phi) is 3.98. The van der Waals surface area contributed by atoms with Gasteiger partial charge in [0.1, 0.15) is 12.4 Å². The molecular formula is C10H10BrN3OS. The zero-order chi connectivity index (χ0) is 11.4. The zero-order valence-corrected chi connectivity index (χ0v) is 10.8. The molecule has 0 aliphatic rings. The highest BCUT2D eigenvalue weighted by molar-refractivity contribution is 9.10. The average Bonchev–Trinajstić information content (AvgIpc) is 2.76. The van der Waals surface area contributed by atoms with Crippen molar-refractivity contribution in [3.8, 4) is 0 Å². The lowest BCUT2D eigenvalue weighted by Gasteiger charge is -2.01. The van der Waals surface area contributed by atoms with Crippen molar-refractivity contribution in [2.24, 2.45) is 0 Å². The van der Waals surface area contributed by atoms with Crippen LogP contribution in [-0.4, -0.2) is 20.3 Å². The summed E-state index contributed by atoms with van der Waals surface area (Å²) in [5, 5.41) is 15.5. The number of aromatic amines is 1. The predicted molar refractivity (Wildman–Crippen MR) is 66.0 cm³/mol. The first-order chi connectivity index (χ1) is 7.79. The fourth-order valence-corrected chi connectivity index (χ4v) is 2.61. The number of benzene rings is 1. The third-order valence-electron chi connectivity index (χ3n) is 1.92. The molecule has 0 atom stereocenters. The van der Waals surface area contributed by atoms with Crippen LogP contribution in [0.15, 0.2) is 33.6 Å². The minimum absolute atomic E-state index is 0.129. The van der Waals surface area contributed by atoms with Gasteiger partial charge in [-0.15, -0.1) is 11.8 Å². The van der Waals surface area contributed by atoms with E-state index in [1.54, 1.807) is 11.8 Å². The summed E-state index contributed by atoms with van der Waals surface area (Å²) in [6.07, 6.45) is 0. The molecule has 0 fully saturated rings. The normalized spacial score (nSPS) is 10.6. The standard InChI is InChI=1S/C10H10BrN3OS/c11-7-3-1-2-4-8(7)16-6-10-12-9(5-15)13-14-10/h1-4,15H,5-6H2,(H,12,13,14). The minimum atomic E-state index is -0.129. The van der Waals surface area contributed by atoms with Gasteiger partial charge in [-0.3, -0.25) is 5.10 Å². The van der Waals surface area contributed by atoms with Crippen LogP contribution in [0, 0.1) is 0 Å². The molecule has 4 nitrogen and oxygen atoms in total. The number of aliphatic hydroxyl groups excluding tert-OH is 1. The summed E-state index contributed by atoms with van der Waals surface area (Å²) in [7, 11) is 0. The quantitative estimate of drug-likeness (QED) is 0.851. The molecule has 2 rings (SSSR count). The first-order valence-electron chi connectivity index (χ1n) is 4.68. The Bertz CT molecular complexity index is 475. The van der Waals surface area contributed by atoms with Crippen LogP contribution in [0.5, 0.6) is 0 Å². The first-order valence-corrected chi connectivity index (χ1v) is 6.46. The van der Waals surface area contributed by atoms with Crippen LogP contribution in [-0.2, 0) is 12.4 Å². The number of aliphatic hydroxyl groups is 1. The number of hydrogen-bond acceptors (Lipinski definition) is 4. The minimum Gasteiger partial charge on any atom is -0.388 e. The van der Waals surface area contributed by atoms with E-state index in [-0.39, 0.29) is 6.61 Å². The second-order valence-electron chi connectivity index (χ2n) is 3.08. The number of H-pyrrole nitrogens is 1. The smallest absolute Gasteiger partial charge is 0.176 e. The number of aromatic nitrogens is 3. The maximum absolute atomic E-state index is 8.82. The molecule has 0 aliphatic carbocycles. The third kappa shape index (κ3) is 2.84. The third-order valence-corrected chi connectivity index (χ3v) is 3.96. The lowest BCUT2D eigenvalue weighted by atomic mass is 10.4. The SMILES string of the molecule is OCc1n[nH]c(CSc2ccccc2Br)n1. The summed E-state index contributed by atoms with van der Waals surface area (Å²) in [4.78, 5) is 5.28. The highest BCUT2D eigenvalue weighted by Crippen LogP contribution is 2.28. The molecule has 0 bridgehead atoms. The lowest BCUT2D eigenvalue weighted by molar-refractivity contribution is 0.272. The summed E-state index contributed by atoms with van der Waals surface area (Å²) < 4.78 is 1.07. The lowest BCUT2D eigenvalue weighted by Crippen LogP contribution is -1.86. The van der Waals surface area contributed by atoms with Gasteiger partial charge in [0.2, 0.25) is 0 Å². The predicted octanol–water partition coefficient (Wildman–Crippen LogP) is 2.35. The molecule has 16 heavy (non-hydrogen) atoms. The van der Waals surface area contributed by atoms with Gasteiger partial charge in [0.25, 0.3) is 0 Å². The fraction of sp³-hybridized carbons (Fsp3) is 0.200. The molecule has 6 heteroatoms. The average molecular weight is 300 g/mol. The number of halogens is 1. The molecule has 0 radical (unpaired) electrons. The largest absolute Gasteiger partial charge is 0.388 e. The van der Waals surface area contributed by atoms with Crippen molar-refractivity contribution >= 4 is 27.7 Å². The Hall–Kier alpha value is -0.850. The Morgan fingerprint density at radius 2 is 2.19 bits per heavy atom. The molecule has 0 saturated carbocycles. The van der Waals surface area contributed by atoms with Crippen molar-refractivity contribution in [1.82, 2.24) is 15.2 Å². The Balaban J connectivity index is 1.99. The van der Waals surface area contributed by atoms with Gasteiger partial charge < -0.3 is 5.11 Å². The molecule has 2 N–H and O–H groups in total. The van der Waals surface area contributed by atoms with E-state index in [0.717, 1.165) is 15.2 Å². The number of nitrogens with one attached hydrogen (secondary N) is 1. The maximum atomic E-state index is 8.82. The monoisotopic (exact) mass is 299 g/mol. The Morgan fingerprint density at radius 3 is 2.88 bits per heavy atom. The van der Waals surface area contributed by atoms with Crippen LogP contribution in [0.2, 0.25) is 0 Å². The van der Waals surface area contributed by atoms with Gasteiger partial charge in [0, 0.05) is 9.37 Å². The van der Waals surface area contributed by atoms with Gasteiger partial charge in [-0.1, -0.05) is 12.1 Å². The van der Waals surface area contributed by atoms with Crippen molar-refractivity contribution in [2.45, 2.75) is 17.3 Å². The van der Waals surface area contributed by atoms with Crippen LogP contribution in [0.3, 0.4) is 0 Å². The molecule has 1 aromatic carbocycles. The molecule has 0 aliphatic heterocycles. The molecule has 0 amide bonds. The highest BCUT2D eigenvalue weighted by atomic mass is 79.9. The van der Waals surface area contributed by atoms with Gasteiger partial charge in [-0.2, -0.15) is 5.10 Å². The van der Waals surface area contributed by atoms with Crippen molar-refractivity contribution < 1.29 is 5.11 Å². The van der Waals surface area contributed by atoms with Crippen molar-refractivity contribution in [3.05, 3.63) is 40.4 Å². The van der Waals surface area contributed by atoms with Crippen LogP contribution >= 0.6 is 27.7 Å². The van der Waals surface area contributed by atoms with Gasteiger partial charge in [0.05, 0.1) is 5.75 Å². The maximum Gasteiger partial charge on any atom is 0.176 e. The first kappa shape index (κ1) is 11.6. The summed E-state index contributed by atoms with van der Waals surface area (Å²) in [6.45, 7) is -0.129. The number of rotatable bonds is 4. The van der Waals surface area contributed by atoms with Crippen LogP contribution < -0.4 is 0 Å². The van der Waals surface area contributed by atoms with Crippen molar-refractivity contribution in [3.63, 3.8) is 0 Å². The van der Waals surface area contributed by atoms with Crippen molar-refractivity contribution in [2.75, 3.05) is 0 Å².